The first-order valence-corrected chi connectivity index (χ1v) is 11.0. The maximum atomic E-state index is 5.75. The summed E-state index contributed by atoms with van der Waals surface area (Å²) in [6.07, 6.45) is 7.74. The van der Waals surface area contributed by atoms with Crippen LogP contribution in [-0.4, -0.2) is 33.1 Å². The number of ether oxygens (including phenoxy) is 2. The Morgan fingerprint density at radius 1 is 1.06 bits per heavy atom. The maximum absolute atomic E-state index is 5.75. The molecule has 1 atom stereocenters. The fourth-order valence-corrected chi connectivity index (χ4v) is 4.26. The molecule has 0 spiro atoms. The Bertz CT molecular complexity index is 1170. The fourth-order valence-electron chi connectivity index (χ4n) is 3.53. The van der Waals surface area contributed by atoms with Crippen LogP contribution in [0.15, 0.2) is 60.5 Å². The molecule has 0 saturated carbocycles. The molecule has 4 aromatic rings. The first kappa shape index (κ1) is 19.4. The highest BCUT2D eigenvalue weighted by Crippen LogP contribution is 2.35. The highest BCUT2D eigenvalue weighted by Gasteiger charge is 2.19. The zero-order chi connectivity index (χ0) is 21.0. The monoisotopic (exact) mass is 431 g/mol. The molecular weight excluding hydrogens is 410 g/mol. The summed E-state index contributed by atoms with van der Waals surface area (Å²) < 4.78 is 11.4. The Morgan fingerprint density at radius 2 is 1.97 bits per heavy atom. The molecule has 5 rings (SSSR count). The van der Waals surface area contributed by atoms with Crippen molar-refractivity contribution in [1.29, 1.82) is 0 Å². The second kappa shape index (κ2) is 8.69. The minimum Gasteiger partial charge on any atom is -0.486 e. The molecule has 1 N–H and O–H groups in total. The Morgan fingerprint density at radius 3 is 2.74 bits per heavy atom. The van der Waals surface area contributed by atoms with Gasteiger partial charge in [0.05, 0.1) is 28.5 Å². The Hall–Kier alpha value is -3.52. The van der Waals surface area contributed by atoms with Gasteiger partial charge < -0.3 is 14.8 Å². The van der Waals surface area contributed by atoms with Gasteiger partial charge in [0, 0.05) is 24.2 Å². The van der Waals surface area contributed by atoms with Crippen molar-refractivity contribution >= 4 is 17.3 Å². The summed E-state index contributed by atoms with van der Waals surface area (Å²) in [6.45, 7) is 3.28. The van der Waals surface area contributed by atoms with Crippen molar-refractivity contribution < 1.29 is 9.47 Å². The molecule has 0 saturated heterocycles. The first-order valence-electron chi connectivity index (χ1n) is 10.1. The lowest BCUT2D eigenvalue weighted by Gasteiger charge is -2.22. The topological polar surface area (TPSA) is 82.1 Å². The van der Waals surface area contributed by atoms with Crippen LogP contribution in [0, 0.1) is 0 Å². The second-order valence-corrected chi connectivity index (χ2v) is 7.98. The highest BCUT2D eigenvalue weighted by molar-refractivity contribution is 7.13. The van der Waals surface area contributed by atoms with Crippen LogP contribution in [0.25, 0.3) is 21.8 Å². The van der Waals surface area contributed by atoms with Gasteiger partial charge in [-0.1, -0.05) is 19.1 Å². The van der Waals surface area contributed by atoms with E-state index in [1.165, 1.54) is 0 Å². The third kappa shape index (κ3) is 4.06. The third-order valence-corrected chi connectivity index (χ3v) is 5.94. The summed E-state index contributed by atoms with van der Waals surface area (Å²) in [7, 11) is 0. The van der Waals surface area contributed by atoms with E-state index in [1.807, 2.05) is 29.8 Å². The number of hydrogen-bond acceptors (Lipinski definition) is 8. The molecule has 0 unspecified atom stereocenters. The first-order chi connectivity index (χ1) is 15.3. The minimum absolute atomic E-state index is 0.0365. The number of thiophene rings is 1. The van der Waals surface area contributed by atoms with Gasteiger partial charge in [-0.3, -0.25) is 9.97 Å². The summed E-state index contributed by atoms with van der Waals surface area (Å²) in [6, 6.07) is 10.2. The van der Waals surface area contributed by atoms with Crippen molar-refractivity contribution in [1.82, 2.24) is 19.9 Å². The van der Waals surface area contributed by atoms with Gasteiger partial charge in [-0.05, 0) is 35.6 Å². The summed E-state index contributed by atoms with van der Waals surface area (Å²) in [5, 5.41) is 5.52. The third-order valence-electron chi connectivity index (χ3n) is 5.06. The summed E-state index contributed by atoms with van der Waals surface area (Å²) in [5.74, 6) is 2.13. The lowest BCUT2D eigenvalue weighted by molar-refractivity contribution is 0.171. The molecule has 1 aromatic carbocycles. The van der Waals surface area contributed by atoms with Crippen LogP contribution < -0.4 is 14.8 Å². The van der Waals surface area contributed by atoms with E-state index in [9.17, 15) is 0 Å². The predicted octanol–water partition coefficient (Wildman–Crippen LogP) is 5.00. The zero-order valence-electron chi connectivity index (χ0n) is 17.0. The predicted molar refractivity (Wildman–Crippen MR) is 120 cm³/mol. The van der Waals surface area contributed by atoms with E-state index in [2.05, 4.69) is 39.3 Å². The Kier molecular flexibility index (Phi) is 5.45. The van der Waals surface area contributed by atoms with E-state index in [-0.39, 0.29) is 6.04 Å². The lowest BCUT2D eigenvalue weighted by Crippen LogP contribution is -2.17. The molecular formula is C23H21N5O2S. The standard InChI is InChI=1S/C23H21N5O2S/c1-2-17(15-5-6-19-20(12-15)30-10-9-29-19)27-23-26-13-16(18-14-24-7-8-25-18)22(28-23)21-4-3-11-31-21/h3-8,11-14,17H,2,9-10H2,1H3,(H,26,27,28)/t17-/m0/s1. The van der Waals surface area contributed by atoms with E-state index < -0.39 is 0 Å². The molecule has 7 nitrogen and oxygen atoms in total. The summed E-state index contributed by atoms with van der Waals surface area (Å²) in [4.78, 5) is 19.1. The van der Waals surface area contributed by atoms with Crippen molar-refractivity contribution in [2.24, 2.45) is 0 Å². The normalized spacial score (nSPS) is 13.6. The number of benzene rings is 1. The molecule has 0 radical (unpaired) electrons. The summed E-state index contributed by atoms with van der Waals surface area (Å²) >= 11 is 1.63. The highest BCUT2D eigenvalue weighted by atomic mass is 32.1. The molecule has 8 heteroatoms. The number of anilines is 1. The van der Waals surface area contributed by atoms with Gasteiger partial charge in [-0.15, -0.1) is 11.3 Å². The van der Waals surface area contributed by atoms with Crippen LogP contribution in [0.2, 0.25) is 0 Å². The van der Waals surface area contributed by atoms with Crippen LogP contribution in [0.5, 0.6) is 11.5 Å². The Labute approximate surface area is 184 Å². The van der Waals surface area contributed by atoms with Crippen molar-refractivity contribution in [2.45, 2.75) is 19.4 Å². The largest absolute Gasteiger partial charge is 0.486 e. The van der Waals surface area contributed by atoms with Gasteiger partial charge in [-0.25, -0.2) is 9.97 Å². The Balaban J connectivity index is 1.48. The van der Waals surface area contributed by atoms with Crippen LogP contribution >= 0.6 is 11.3 Å². The molecule has 1 aliphatic rings. The molecule has 156 valence electrons. The molecule has 0 bridgehead atoms. The smallest absolute Gasteiger partial charge is 0.223 e. The second-order valence-electron chi connectivity index (χ2n) is 7.03. The molecule has 0 fully saturated rings. The van der Waals surface area contributed by atoms with Gasteiger partial charge in [-0.2, -0.15) is 0 Å². The molecule has 1 aliphatic heterocycles. The molecule has 0 aliphatic carbocycles. The van der Waals surface area contributed by atoms with Crippen molar-refractivity contribution in [3.05, 3.63) is 66.1 Å². The van der Waals surface area contributed by atoms with Gasteiger partial charge in [0.25, 0.3) is 0 Å². The van der Waals surface area contributed by atoms with E-state index in [0.29, 0.717) is 19.2 Å². The maximum Gasteiger partial charge on any atom is 0.223 e. The molecule has 0 amide bonds. The number of rotatable bonds is 6. The summed E-state index contributed by atoms with van der Waals surface area (Å²) in [5.41, 5.74) is 3.54. The number of nitrogens with zero attached hydrogens (tertiary/aromatic N) is 4. The molecule has 4 heterocycles. The molecule has 31 heavy (non-hydrogen) atoms. The van der Waals surface area contributed by atoms with Crippen molar-refractivity contribution in [3.63, 3.8) is 0 Å². The van der Waals surface area contributed by atoms with Gasteiger partial charge in [0.1, 0.15) is 13.2 Å². The van der Waals surface area contributed by atoms with Gasteiger partial charge in [0.15, 0.2) is 11.5 Å². The fraction of sp³-hybridized carbons (Fsp3) is 0.217. The minimum atomic E-state index is 0.0365. The van der Waals surface area contributed by atoms with Crippen molar-refractivity contribution in [2.75, 3.05) is 18.5 Å². The van der Waals surface area contributed by atoms with Crippen LogP contribution in [-0.2, 0) is 0 Å². The quantitative estimate of drug-likeness (QED) is 0.460. The molecule has 3 aromatic heterocycles. The van der Waals surface area contributed by atoms with Crippen LogP contribution in [0.1, 0.15) is 24.9 Å². The van der Waals surface area contributed by atoms with E-state index >= 15 is 0 Å². The zero-order valence-corrected chi connectivity index (χ0v) is 17.8. The van der Waals surface area contributed by atoms with Gasteiger partial charge >= 0.3 is 0 Å². The number of hydrogen-bond donors (Lipinski definition) is 1. The number of aromatic nitrogens is 4. The van der Waals surface area contributed by atoms with Crippen molar-refractivity contribution in [3.8, 4) is 33.3 Å². The van der Waals surface area contributed by atoms with Crippen LogP contribution in [0.4, 0.5) is 5.95 Å². The number of nitrogens with one attached hydrogen (secondary N) is 1. The van der Waals surface area contributed by atoms with E-state index in [0.717, 1.165) is 45.3 Å². The van der Waals surface area contributed by atoms with Gasteiger partial charge in [0.2, 0.25) is 5.95 Å². The lowest BCUT2D eigenvalue weighted by atomic mass is 10.0. The van der Waals surface area contributed by atoms with Crippen LogP contribution in [0.3, 0.4) is 0 Å². The van der Waals surface area contributed by atoms with E-state index in [4.69, 9.17) is 14.5 Å². The number of fused-ring (bicyclic) bond motifs is 1. The SMILES string of the molecule is CC[C@H](Nc1ncc(-c2cnccn2)c(-c2cccs2)n1)c1ccc2c(c1)OCCO2. The average molecular weight is 432 g/mol. The average Bonchev–Trinajstić information content (AvgIpc) is 3.38. The van der Waals surface area contributed by atoms with E-state index in [1.54, 1.807) is 29.9 Å².